The highest BCUT2D eigenvalue weighted by atomic mass is 16.2. The zero-order valence-corrected chi connectivity index (χ0v) is 16.1. The van der Waals surface area contributed by atoms with E-state index in [9.17, 15) is 4.79 Å². The van der Waals surface area contributed by atoms with Crippen molar-refractivity contribution in [2.75, 3.05) is 32.7 Å². The van der Waals surface area contributed by atoms with Gasteiger partial charge in [-0.05, 0) is 36.1 Å². The number of carbonyl (C=O) groups is 1. The van der Waals surface area contributed by atoms with Crippen LogP contribution < -0.4 is 16.2 Å². The lowest BCUT2D eigenvalue weighted by molar-refractivity contribution is 0.0988. The van der Waals surface area contributed by atoms with Gasteiger partial charge in [-0.25, -0.2) is 15.6 Å². The first kappa shape index (κ1) is 18.9. The Hall–Kier alpha value is -2.48. The second-order valence-electron chi connectivity index (χ2n) is 7.36. The molecule has 0 bridgehead atoms. The molecule has 2 amide bonds. The van der Waals surface area contributed by atoms with Crippen molar-refractivity contribution in [2.24, 2.45) is 0 Å². The van der Waals surface area contributed by atoms with Gasteiger partial charge in [-0.1, -0.05) is 30.3 Å². The lowest BCUT2D eigenvalue weighted by atomic mass is 10.1. The van der Waals surface area contributed by atoms with Crippen LogP contribution in [0.3, 0.4) is 0 Å². The molecule has 0 aliphatic carbocycles. The average molecular weight is 380 g/mol. The molecule has 28 heavy (non-hydrogen) atoms. The molecule has 2 atom stereocenters. The van der Waals surface area contributed by atoms with Crippen molar-refractivity contribution in [3.63, 3.8) is 0 Å². The summed E-state index contributed by atoms with van der Waals surface area (Å²) in [7, 11) is 0. The highest BCUT2D eigenvalue weighted by Gasteiger charge is 2.32. The number of rotatable bonds is 5. The Morgan fingerprint density at radius 1 is 1.04 bits per heavy atom. The fourth-order valence-electron chi connectivity index (χ4n) is 3.90. The summed E-state index contributed by atoms with van der Waals surface area (Å²) < 4.78 is 0. The van der Waals surface area contributed by atoms with Crippen LogP contribution >= 0.6 is 0 Å². The smallest absolute Gasteiger partial charge is 0.317 e. The number of hydrogen-bond donors (Lipinski definition) is 3. The van der Waals surface area contributed by atoms with Gasteiger partial charge in [0.05, 0.1) is 6.17 Å². The standard InChI is InChI=1S/C21H28N6O/c28-21(23-11-6-17-4-2-1-3-5-17)27-14-12-26(13-15-27)20-16-19(24-25-20)18-7-9-22-10-8-18/h1-5,7-10,19-20,24-25H,6,11-16H2,(H,23,28). The molecule has 4 rings (SSSR count). The largest absolute Gasteiger partial charge is 0.338 e. The minimum atomic E-state index is 0.0442. The van der Waals surface area contributed by atoms with Crippen LogP contribution in [-0.2, 0) is 6.42 Å². The summed E-state index contributed by atoms with van der Waals surface area (Å²) in [6.45, 7) is 3.96. The quantitative estimate of drug-likeness (QED) is 0.734. The van der Waals surface area contributed by atoms with Crippen LogP contribution in [0.5, 0.6) is 0 Å². The molecule has 1 aromatic carbocycles. The number of nitrogens with zero attached hydrogens (tertiary/aromatic N) is 3. The first-order chi connectivity index (χ1) is 13.8. The van der Waals surface area contributed by atoms with E-state index in [2.05, 4.69) is 50.3 Å². The van der Waals surface area contributed by atoms with Gasteiger partial charge in [-0.15, -0.1) is 0 Å². The van der Waals surface area contributed by atoms with Crippen molar-refractivity contribution in [3.05, 3.63) is 66.0 Å². The van der Waals surface area contributed by atoms with Gasteiger partial charge in [0, 0.05) is 51.2 Å². The minimum absolute atomic E-state index is 0.0442. The number of benzene rings is 1. The highest BCUT2D eigenvalue weighted by Crippen LogP contribution is 2.23. The summed E-state index contributed by atoms with van der Waals surface area (Å²) >= 11 is 0. The zero-order valence-electron chi connectivity index (χ0n) is 16.1. The zero-order chi connectivity index (χ0) is 19.2. The number of piperazine rings is 1. The van der Waals surface area contributed by atoms with Crippen molar-refractivity contribution in [3.8, 4) is 0 Å². The lowest BCUT2D eigenvalue weighted by Gasteiger charge is -2.37. The molecule has 2 unspecified atom stereocenters. The van der Waals surface area contributed by atoms with Gasteiger partial charge in [0.2, 0.25) is 0 Å². The number of pyridine rings is 1. The van der Waals surface area contributed by atoms with E-state index < -0.39 is 0 Å². The van der Waals surface area contributed by atoms with E-state index in [0.29, 0.717) is 18.8 Å². The maximum Gasteiger partial charge on any atom is 0.317 e. The average Bonchev–Trinajstić information content (AvgIpc) is 3.25. The Morgan fingerprint density at radius 3 is 2.54 bits per heavy atom. The molecule has 148 valence electrons. The Bertz CT molecular complexity index is 748. The summed E-state index contributed by atoms with van der Waals surface area (Å²) in [6.07, 6.45) is 5.83. The summed E-state index contributed by atoms with van der Waals surface area (Å²) in [5, 5.41) is 3.05. The van der Waals surface area contributed by atoms with Gasteiger partial charge >= 0.3 is 6.03 Å². The molecular weight excluding hydrogens is 352 g/mol. The Labute approximate surface area is 166 Å². The monoisotopic (exact) mass is 380 g/mol. The molecule has 2 aliphatic heterocycles. The van der Waals surface area contributed by atoms with Gasteiger partial charge in [-0.3, -0.25) is 9.88 Å². The Morgan fingerprint density at radius 2 is 1.79 bits per heavy atom. The van der Waals surface area contributed by atoms with Crippen molar-refractivity contribution in [1.29, 1.82) is 0 Å². The minimum Gasteiger partial charge on any atom is -0.338 e. The molecule has 0 spiro atoms. The molecule has 7 heteroatoms. The molecule has 0 saturated carbocycles. The SMILES string of the molecule is O=C(NCCc1ccccc1)N1CCN(C2CC(c3ccncc3)NN2)CC1. The Kier molecular flexibility index (Phi) is 6.16. The molecule has 3 heterocycles. The fraction of sp³-hybridized carbons (Fsp3) is 0.429. The van der Waals surface area contributed by atoms with Crippen LogP contribution in [0, 0.1) is 0 Å². The first-order valence-electron chi connectivity index (χ1n) is 10.0. The summed E-state index contributed by atoms with van der Waals surface area (Å²) in [5.41, 5.74) is 9.29. The maximum atomic E-state index is 12.4. The van der Waals surface area contributed by atoms with Crippen LogP contribution in [0.2, 0.25) is 0 Å². The van der Waals surface area contributed by atoms with E-state index >= 15 is 0 Å². The van der Waals surface area contributed by atoms with Gasteiger partial charge in [0.1, 0.15) is 0 Å². The molecule has 2 aromatic rings. The predicted molar refractivity (Wildman–Crippen MR) is 108 cm³/mol. The molecule has 2 aliphatic rings. The molecule has 3 N–H and O–H groups in total. The number of hydrazine groups is 1. The molecular formula is C21H28N6O. The second kappa shape index (κ2) is 9.14. The second-order valence-corrected chi connectivity index (χ2v) is 7.36. The third-order valence-electron chi connectivity index (χ3n) is 5.57. The van der Waals surface area contributed by atoms with Crippen LogP contribution in [0.4, 0.5) is 4.79 Å². The highest BCUT2D eigenvalue weighted by molar-refractivity contribution is 5.74. The number of aromatic nitrogens is 1. The van der Waals surface area contributed by atoms with Crippen LogP contribution in [-0.4, -0.2) is 59.7 Å². The topological polar surface area (TPSA) is 72.5 Å². The van der Waals surface area contributed by atoms with E-state index in [1.165, 1.54) is 11.1 Å². The van der Waals surface area contributed by atoms with Gasteiger partial charge in [0.25, 0.3) is 0 Å². The predicted octanol–water partition coefficient (Wildman–Crippen LogP) is 1.52. The van der Waals surface area contributed by atoms with E-state index in [-0.39, 0.29) is 6.03 Å². The number of carbonyl (C=O) groups excluding carboxylic acids is 1. The van der Waals surface area contributed by atoms with Crippen molar-refractivity contribution in [1.82, 2.24) is 31.0 Å². The lowest BCUT2D eigenvalue weighted by Crippen LogP contribution is -2.56. The summed E-state index contributed by atoms with van der Waals surface area (Å²) in [6, 6.07) is 14.7. The van der Waals surface area contributed by atoms with E-state index in [0.717, 1.165) is 39.0 Å². The van der Waals surface area contributed by atoms with Crippen LogP contribution in [0.15, 0.2) is 54.9 Å². The van der Waals surface area contributed by atoms with Crippen molar-refractivity contribution < 1.29 is 4.79 Å². The van der Waals surface area contributed by atoms with Crippen LogP contribution in [0.25, 0.3) is 0 Å². The van der Waals surface area contributed by atoms with Crippen LogP contribution in [0.1, 0.15) is 23.6 Å². The van der Waals surface area contributed by atoms with Crippen molar-refractivity contribution >= 4 is 6.03 Å². The van der Waals surface area contributed by atoms with Gasteiger partial charge in [-0.2, -0.15) is 0 Å². The summed E-state index contributed by atoms with van der Waals surface area (Å²) in [4.78, 5) is 20.8. The maximum absolute atomic E-state index is 12.4. The molecule has 2 fully saturated rings. The number of urea groups is 1. The third-order valence-corrected chi connectivity index (χ3v) is 5.57. The van der Waals surface area contributed by atoms with E-state index in [4.69, 9.17) is 0 Å². The summed E-state index contributed by atoms with van der Waals surface area (Å²) in [5.74, 6) is 0. The normalized spacial score (nSPS) is 22.9. The molecule has 0 radical (unpaired) electrons. The third kappa shape index (κ3) is 4.67. The van der Waals surface area contributed by atoms with E-state index in [1.54, 1.807) is 0 Å². The van der Waals surface area contributed by atoms with Gasteiger partial charge in [0.15, 0.2) is 0 Å². The molecule has 2 saturated heterocycles. The first-order valence-corrected chi connectivity index (χ1v) is 10.0. The molecule has 7 nitrogen and oxygen atoms in total. The van der Waals surface area contributed by atoms with E-state index in [1.807, 2.05) is 35.5 Å². The van der Waals surface area contributed by atoms with Crippen molar-refractivity contribution in [2.45, 2.75) is 25.0 Å². The molecule has 1 aromatic heterocycles. The number of nitrogens with one attached hydrogen (secondary N) is 3. The number of amides is 2. The Balaban J connectivity index is 1.19. The fourth-order valence-corrected chi connectivity index (χ4v) is 3.90. The number of hydrogen-bond acceptors (Lipinski definition) is 5. The van der Waals surface area contributed by atoms with Gasteiger partial charge < -0.3 is 10.2 Å².